The van der Waals surface area contributed by atoms with E-state index in [2.05, 4.69) is 15.3 Å². The number of amides is 1. The van der Waals surface area contributed by atoms with Crippen LogP contribution in [-0.4, -0.2) is 23.8 Å². The standard InChI is InChI=1S/C9H16N4O2/c1-9(2,3)15-8(14)11-6-4-7(5-6)12-13-10/h6-7H,4-5H2,1-3H3,(H,11,14)/t6-,7-. The van der Waals surface area contributed by atoms with Gasteiger partial charge in [0.25, 0.3) is 0 Å². The van der Waals surface area contributed by atoms with Crippen LogP contribution < -0.4 is 5.32 Å². The number of nitrogens with one attached hydrogen (secondary N) is 1. The van der Waals surface area contributed by atoms with Gasteiger partial charge in [0.2, 0.25) is 0 Å². The Hall–Kier alpha value is -1.42. The molecule has 0 spiro atoms. The third-order valence-corrected chi connectivity index (χ3v) is 2.05. The van der Waals surface area contributed by atoms with Crippen molar-refractivity contribution in [1.82, 2.24) is 5.32 Å². The van der Waals surface area contributed by atoms with Crippen molar-refractivity contribution in [2.24, 2.45) is 5.11 Å². The van der Waals surface area contributed by atoms with Crippen LogP contribution in [0.3, 0.4) is 0 Å². The highest BCUT2D eigenvalue weighted by atomic mass is 16.6. The average Bonchev–Trinajstić information content (AvgIpc) is 1.97. The molecule has 0 radical (unpaired) electrons. The molecule has 1 amide bonds. The summed E-state index contributed by atoms with van der Waals surface area (Å²) in [5.41, 5.74) is 7.69. The van der Waals surface area contributed by atoms with Crippen LogP contribution in [0.2, 0.25) is 0 Å². The van der Waals surface area contributed by atoms with Gasteiger partial charge in [-0.3, -0.25) is 0 Å². The van der Waals surface area contributed by atoms with Gasteiger partial charge in [-0.1, -0.05) is 5.11 Å². The topological polar surface area (TPSA) is 87.1 Å². The fourth-order valence-corrected chi connectivity index (χ4v) is 1.35. The number of alkyl carbamates (subject to hydrolysis) is 1. The Morgan fingerprint density at radius 1 is 1.53 bits per heavy atom. The van der Waals surface area contributed by atoms with Crippen molar-refractivity contribution >= 4 is 6.09 Å². The predicted octanol–water partition coefficient (Wildman–Crippen LogP) is 2.35. The Morgan fingerprint density at radius 2 is 2.13 bits per heavy atom. The minimum absolute atomic E-state index is 0.0231. The first-order valence-corrected chi connectivity index (χ1v) is 4.94. The lowest BCUT2D eigenvalue weighted by molar-refractivity contribution is 0.0473. The van der Waals surface area contributed by atoms with Crippen LogP contribution in [0.25, 0.3) is 10.4 Å². The van der Waals surface area contributed by atoms with Crippen molar-refractivity contribution < 1.29 is 9.53 Å². The van der Waals surface area contributed by atoms with Gasteiger partial charge in [0.1, 0.15) is 5.60 Å². The second-order valence-electron chi connectivity index (χ2n) is 4.67. The lowest BCUT2D eigenvalue weighted by atomic mass is 9.88. The summed E-state index contributed by atoms with van der Waals surface area (Å²) in [5, 5.41) is 6.27. The van der Waals surface area contributed by atoms with E-state index in [4.69, 9.17) is 10.3 Å². The number of carbonyl (C=O) groups excluding carboxylic acids is 1. The van der Waals surface area contributed by atoms with E-state index in [0.717, 1.165) is 0 Å². The fraction of sp³-hybridized carbons (Fsp3) is 0.889. The smallest absolute Gasteiger partial charge is 0.407 e. The predicted molar refractivity (Wildman–Crippen MR) is 55.3 cm³/mol. The van der Waals surface area contributed by atoms with Gasteiger partial charge in [0, 0.05) is 17.0 Å². The molecule has 0 aromatic carbocycles. The van der Waals surface area contributed by atoms with Gasteiger partial charge in [-0.2, -0.15) is 0 Å². The zero-order valence-corrected chi connectivity index (χ0v) is 9.23. The molecular formula is C9H16N4O2. The molecule has 1 N–H and O–H groups in total. The van der Waals surface area contributed by atoms with E-state index in [1.165, 1.54) is 0 Å². The van der Waals surface area contributed by atoms with Gasteiger partial charge in [0.15, 0.2) is 0 Å². The Kier molecular flexibility index (Phi) is 3.42. The summed E-state index contributed by atoms with van der Waals surface area (Å²) < 4.78 is 5.09. The van der Waals surface area contributed by atoms with Crippen LogP contribution in [0.15, 0.2) is 5.11 Å². The van der Waals surface area contributed by atoms with Crippen LogP contribution in [0, 0.1) is 0 Å². The number of carbonyl (C=O) groups is 1. The lowest BCUT2D eigenvalue weighted by Gasteiger charge is -2.33. The Labute approximate surface area is 88.6 Å². The normalized spacial score (nSPS) is 24.7. The number of ether oxygens (including phenoxy) is 1. The molecular weight excluding hydrogens is 196 g/mol. The molecule has 1 aliphatic carbocycles. The lowest BCUT2D eigenvalue weighted by Crippen LogP contribution is -2.47. The number of nitrogens with zero attached hydrogens (tertiary/aromatic N) is 3. The summed E-state index contributed by atoms with van der Waals surface area (Å²) in [7, 11) is 0. The zero-order chi connectivity index (χ0) is 11.5. The molecule has 15 heavy (non-hydrogen) atoms. The summed E-state index contributed by atoms with van der Waals surface area (Å²) >= 11 is 0. The van der Waals surface area contributed by atoms with Crippen LogP contribution in [0.5, 0.6) is 0 Å². The van der Waals surface area contributed by atoms with Crippen molar-refractivity contribution in [2.75, 3.05) is 0 Å². The summed E-state index contributed by atoms with van der Waals surface area (Å²) in [6, 6.07) is 0.102. The van der Waals surface area contributed by atoms with Gasteiger partial charge in [-0.25, -0.2) is 4.79 Å². The molecule has 0 aromatic rings. The monoisotopic (exact) mass is 212 g/mol. The third kappa shape index (κ3) is 4.08. The molecule has 6 nitrogen and oxygen atoms in total. The first kappa shape index (κ1) is 11.7. The highest BCUT2D eigenvalue weighted by Gasteiger charge is 2.30. The third-order valence-electron chi connectivity index (χ3n) is 2.05. The summed E-state index contributed by atoms with van der Waals surface area (Å²) in [6.45, 7) is 5.45. The highest BCUT2D eigenvalue weighted by molar-refractivity contribution is 5.68. The molecule has 0 bridgehead atoms. The Balaban J connectivity index is 2.22. The first-order valence-electron chi connectivity index (χ1n) is 4.94. The molecule has 0 heterocycles. The van der Waals surface area contributed by atoms with Crippen LogP contribution in [0.1, 0.15) is 33.6 Å². The molecule has 0 aliphatic heterocycles. The maximum Gasteiger partial charge on any atom is 0.407 e. The fourth-order valence-electron chi connectivity index (χ4n) is 1.35. The van der Waals surface area contributed by atoms with E-state index in [-0.39, 0.29) is 12.1 Å². The highest BCUT2D eigenvalue weighted by Crippen LogP contribution is 2.23. The summed E-state index contributed by atoms with van der Waals surface area (Å²) in [5.74, 6) is 0. The van der Waals surface area contributed by atoms with Gasteiger partial charge < -0.3 is 10.1 Å². The average molecular weight is 212 g/mol. The van der Waals surface area contributed by atoms with Crippen molar-refractivity contribution in [1.29, 1.82) is 0 Å². The summed E-state index contributed by atoms with van der Waals surface area (Å²) in [4.78, 5) is 14.0. The van der Waals surface area contributed by atoms with E-state index in [1.54, 1.807) is 0 Å². The number of hydrogen-bond acceptors (Lipinski definition) is 3. The summed E-state index contributed by atoms with van der Waals surface area (Å²) in [6.07, 6.45) is 0.985. The minimum Gasteiger partial charge on any atom is -0.444 e. The molecule has 1 aliphatic rings. The van der Waals surface area contributed by atoms with E-state index >= 15 is 0 Å². The van der Waals surface area contributed by atoms with Gasteiger partial charge >= 0.3 is 6.09 Å². The number of hydrogen-bond donors (Lipinski definition) is 1. The molecule has 1 rings (SSSR count). The molecule has 0 aromatic heterocycles. The second-order valence-corrected chi connectivity index (χ2v) is 4.67. The van der Waals surface area contributed by atoms with Crippen molar-refractivity contribution in [3.63, 3.8) is 0 Å². The van der Waals surface area contributed by atoms with E-state index in [1.807, 2.05) is 20.8 Å². The zero-order valence-electron chi connectivity index (χ0n) is 9.23. The number of azide groups is 1. The van der Waals surface area contributed by atoms with Crippen molar-refractivity contribution in [3.8, 4) is 0 Å². The van der Waals surface area contributed by atoms with Gasteiger partial charge in [-0.15, -0.1) is 0 Å². The first-order chi connectivity index (χ1) is 6.90. The van der Waals surface area contributed by atoms with E-state index in [9.17, 15) is 4.79 Å². The molecule has 0 saturated heterocycles. The van der Waals surface area contributed by atoms with E-state index < -0.39 is 11.7 Å². The van der Waals surface area contributed by atoms with Crippen molar-refractivity contribution in [2.45, 2.75) is 51.3 Å². The molecule has 1 fully saturated rings. The maximum absolute atomic E-state index is 11.3. The molecule has 0 unspecified atom stereocenters. The molecule has 1 saturated carbocycles. The Morgan fingerprint density at radius 3 is 2.60 bits per heavy atom. The van der Waals surface area contributed by atoms with E-state index in [0.29, 0.717) is 12.8 Å². The van der Waals surface area contributed by atoms with Crippen molar-refractivity contribution in [3.05, 3.63) is 10.4 Å². The quantitative estimate of drug-likeness (QED) is 0.432. The second kappa shape index (κ2) is 4.40. The van der Waals surface area contributed by atoms with Crippen LogP contribution in [0.4, 0.5) is 4.79 Å². The molecule has 84 valence electrons. The molecule has 6 heteroatoms. The largest absolute Gasteiger partial charge is 0.444 e. The van der Waals surface area contributed by atoms with Gasteiger partial charge in [-0.05, 0) is 39.1 Å². The van der Waals surface area contributed by atoms with Gasteiger partial charge in [0.05, 0.1) is 0 Å². The Bertz CT molecular complexity index is 285. The van der Waals surface area contributed by atoms with Crippen LogP contribution in [-0.2, 0) is 4.74 Å². The SMILES string of the molecule is CC(C)(C)OC(=O)N[C@H]1C[C@H](N=[N+]=[N-])C1. The minimum atomic E-state index is -0.474. The van der Waals surface area contributed by atoms with Crippen LogP contribution >= 0.6 is 0 Å². The number of rotatable bonds is 2. The molecule has 0 atom stereocenters. The maximum atomic E-state index is 11.3.